The van der Waals surface area contributed by atoms with Gasteiger partial charge in [-0.1, -0.05) is 40.5 Å². The Hall–Kier alpha value is -2.57. The third-order valence-corrected chi connectivity index (χ3v) is 5.03. The highest BCUT2D eigenvalue weighted by atomic mass is 35.5. The molecule has 2 amide bonds. The maximum atomic E-state index is 12.7. The third-order valence-electron chi connectivity index (χ3n) is 4.45. The van der Waals surface area contributed by atoms with Gasteiger partial charge in [0.2, 0.25) is 11.7 Å². The van der Waals surface area contributed by atoms with Gasteiger partial charge in [-0.05, 0) is 49.2 Å². The van der Waals surface area contributed by atoms with Crippen molar-refractivity contribution in [2.24, 2.45) is 0 Å². The molecule has 6 nitrogen and oxygen atoms in total. The Morgan fingerprint density at radius 2 is 1.93 bits per heavy atom. The van der Waals surface area contributed by atoms with E-state index in [0.29, 0.717) is 39.6 Å². The number of urea groups is 1. The van der Waals surface area contributed by atoms with E-state index in [1.165, 1.54) is 0 Å². The number of anilines is 1. The molecule has 0 bridgehead atoms. The van der Waals surface area contributed by atoms with Gasteiger partial charge in [0, 0.05) is 22.8 Å². The van der Waals surface area contributed by atoms with Crippen molar-refractivity contribution in [3.05, 3.63) is 64.5 Å². The molecule has 0 unspecified atom stereocenters. The van der Waals surface area contributed by atoms with E-state index in [1.54, 1.807) is 35.2 Å². The fourth-order valence-electron chi connectivity index (χ4n) is 3.12. The summed E-state index contributed by atoms with van der Waals surface area (Å²) in [5.41, 5.74) is 1.38. The molecule has 0 aliphatic carbocycles. The van der Waals surface area contributed by atoms with Crippen LogP contribution in [0, 0.1) is 0 Å². The number of rotatable bonds is 3. The van der Waals surface area contributed by atoms with E-state index in [0.717, 1.165) is 12.8 Å². The fraction of sp³-hybridized carbons (Fsp3) is 0.211. The van der Waals surface area contributed by atoms with Crippen molar-refractivity contribution in [1.82, 2.24) is 15.0 Å². The van der Waals surface area contributed by atoms with Gasteiger partial charge in [0.1, 0.15) is 6.04 Å². The van der Waals surface area contributed by atoms with Crippen LogP contribution in [0.2, 0.25) is 10.0 Å². The van der Waals surface area contributed by atoms with Crippen LogP contribution in [0.25, 0.3) is 11.4 Å². The van der Waals surface area contributed by atoms with Gasteiger partial charge in [-0.15, -0.1) is 0 Å². The van der Waals surface area contributed by atoms with Crippen LogP contribution in [0.1, 0.15) is 24.8 Å². The van der Waals surface area contributed by atoms with E-state index in [2.05, 4.69) is 15.5 Å². The molecule has 8 heteroatoms. The number of halogens is 2. The topological polar surface area (TPSA) is 71.3 Å². The number of nitrogens with zero attached hydrogens (tertiary/aromatic N) is 3. The van der Waals surface area contributed by atoms with Crippen LogP contribution in [0.3, 0.4) is 0 Å². The van der Waals surface area contributed by atoms with Gasteiger partial charge in [0.05, 0.1) is 5.02 Å². The fourth-order valence-corrected chi connectivity index (χ4v) is 3.46. The van der Waals surface area contributed by atoms with Crippen LogP contribution in [0.5, 0.6) is 0 Å². The summed E-state index contributed by atoms with van der Waals surface area (Å²) in [5, 5.41) is 8.08. The Bertz CT molecular complexity index is 958. The first-order valence-corrected chi connectivity index (χ1v) is 9.29. The molecule has 3 aromatic rings. The Morgan fingerprint density at radius 3 is 2.70 bits per heavy atom. The quantitative estimate of drug-likeness (QED) is 0.635. The summed E-state index contributed by atoms with van der Waals surface area (Å²) < 4.78 is 5.45. The summed E-state index contributed by atoms with van der Waals surface area (Å²) in [6.45, 7) is 0.619. The Kier molecular flexibility index (Phi) is 5.01. The predicted octanol–water partition coefficient (Wildman–Crippen LogP) is 5.41. The van der Waals surface area contributed by atoms with Gasteiger partial charge in [0.15, 0.2) is 0 Å². The van der Waals surface area contributed by atoms with Crippen molar-refractivity contribution in [2.75, 3.05) is 11.9 Å². The number of hydrogen-bond acceptors (Lipinski definition) is 4. The molecule has 1 N–H and O–H groups in total. The van der Waals surface area contributed by atoms with Gasteiger partial charge in [-0.3, -0.25) is 0 Å². The van der Waals surface area contributed by atoms with Gasteiger partial charge < -0.3 is 14.7 Å². The molecule has 2 aromatic carbocycles. The van der Waals surface area contributed by atoms with Crippen molar-refractivity contribution in [2.45, 2.75) is 18.9 Å². The Balaban J connectivity index is 1.52. The number of benzene rings is 2. The number of carbonyl (C=O) groups excluding carboxylic acids is 1. The van der Waals surface area contributed by atoms with E-state index >= 15 is 0 Å². The van der Waals surface area contributed by atoms with Crippen molar-refractivity contribution >= 4 is 34.9 Å². The van der Waals surface area contributed by atoms with Crippen LogP contribution in [-0.2, 0) is 0 Å². The molecule has 1 atom stereocenters. The first-order chi connectivity index (χ1) is 13.1. The summed E-state index contributed by atoms with van der Waals surface area (Å²) in [4.78, 5) is 18.9. The van der Waals surface area contributed by atoms with Crippen LogP contribution >= 0.6 is 23.2 Å². The monoisotopic (exact) mass is 402 g/mol. The Labute approximate surface area is 166 Å². The smallest absolute Gasteiger partial charge is 0.322 e. The number of hydrogen-bond donors (Lipinski definition) is 1. The summed E-state index contributed by atoms with van der Waals surface area (Å²) in [7, 11) is 0. The van der Waals surface area contributed by atoms with E-state index in [1.807, 2.05) is 18.2 Å². The van der Waals surface area contributed by atoms with Gasteiger partial charge in [-0.2, -0.15) is 4.98 Å². The molecule has 0 spiro atoms. The molecule has 1 aliphatic heterocycles. The molecular weight excluding hydrogens is 387 g/mol. The molecule has 1 aromatic heterocycles. The maximum absolute atomic E-state index is 12.7. The largest absolute Gasteiger partial charge is 0.337 e. The molecule has 1 saturated heterocycles. The standard InChI is InChI=1S/C19H16Cl2N4O2/c20-12-7-9-13(10-8-12)22-19(26)25-11-3-6-16(25)18-23-17(24-27-18)14-4-1-2-5-15(14)21/h1-2,4-5,7-10,16H,3,6,11H2,(H,22,26)/t16-/m0/s1. The van der Waals surface area contributed by atoms with Gasteiger partial charge >= 0.3 is 6.03 Å². The third kappa shape index (κ3) is 3.77. The van der Waals surface area contributed by atoms with Crippen molar-refractivity contribution in [1.29, 1.82) is 0 Å². The lowest BCUT2D eigenvalue weighted by molar-refractivity contribution is 0.193. The summed E-state index contributed by atoms with van der Waals surface area (Å²) in [5.74, 6) is 0.828. The minimum Gasteiger partial charge on any atom is -0.337 e. The first-order valence-electron chi connectivity index (χ1n) is 8.53. The van der Waals surface area contributed by atoms with Crippen LogP contribution in [0.15, 0.2) is 53.1 Å². The normalized spacial score (nSPS) is 16.5. The Morgan fingerprint density at radius 1 is 1.15 bits per heavy atom. The second kappa shape index (κ2) is 7.58. The lowest BCUT2D eigenvalue weighted by Gasteiger charge is -2.22. The second-order valence-corrected chi connectivity index (χ2v) is 7.07. The van der Waals surface area contributed by atoms with E-state index < -0.39 is 0 Å². The zero-order valence-electron chi connectivity index (χ0n) is 14.2. The summed E-state index contributed by atoms with van der Waals surface area (Å²) in [6, 6.07) is 13.8. The number of likely N-dealkylation sites (tertiary alicyclic amines) is 1. The average molecular weight is 403 g/mol. The molecule has 4 rings (SSSR count). The highest BCUT2D eigenvalue weighted by Crippen LogP contribution is 2.33. The van der Waals surface area contributed by atoms with E-state index in [-0.39, 0.29) is 12.1 Å². The van der Waals surface area contributed by atoms with Gasteiger partial charge in [0.25, 0.3) is 0 Å². The predicted molar refractivity (Wildman–Crippen MR) is 104 cm³/mol. The minimum atomic E-state index is -0.263. The number of aromatic nitrogens is 2. The lowest BCUT2D eigenvalue weighted by Crippen LogP contribution is -2.34. The lowest BCUT2D eigenvalue weighted by atomic mass is 10.2. The van der Waals surface area contributed by atoms with Crippen molar-refractivity contribution < 1.29 is 9.32 Å². The van der Waals surface area contributed by atoms with Crippen molar-refractivity contribution in [3.63, 3.8) is 0 Å². The molecule has 1 aliphatic rings. The maximum Gasteiger partial charge on any atom is 0.322 e. The second-order valence-electron chi connectivity index (χ2n) is 6.22. The molecule has 2 heterocycles. The zero-order chi connectivity index (χ0) is 18.8. The van der Waals surface area contributed by atoms with Crippen LogP contribution in [0.4, 0.5) is 10.5 Å². The molecule has 1 fully saturated rings. The SMILES string of the molecule is O=C(Nc1ccc(Cl)cc1)N1CCC[C@H]1c1nc(-c2ccccc2Cl)no1. The number of amides is 2. The minimum absolute atomic E-state index is 0.211. The number of carbonyl (C=O) groups is 1. The average Bonchev–Trinajstić information content (AvgIpc) is 3.33. The van der Waals surface area contributed by atoms with E-state index in [9.17, 15) is 4.79 Å². The summed E-state index contributed by atoms with van der Waals surface area (Å²) in [6.07, 6.45) is 1.63. The number of nitrogens with one attached hydrogen (secondary N) is 1. The highest BCUT2D eigenvalue weighted by Gasteiger charge is 2.34. The molecule has 0 radical (unpaired) electrons. The first kappa shape index (κ1) is 17.8. The highest BCUT2D eigenvalue weighted by molar-refractivity contribution is 6.33. The van der Waals surface area contributed by atoms with Crippen LogP contribution in [-0.4, -0.2) is 27.6 Å². The van der Waals surface area contributed by atoms with Crippen molar-refractivity contribution in [3.8, 4) is 11.4 Å². The molecule has 138 valence electrons. The summed E-state index contributed by atoms with van der Waals surface area (Å²) >= 11 is 12.1. The van der Waals surface area contributed by atoms with Crippen LogP contribution < -0.4 is 5.32 Å². The zero-order valence-corrected chi connectivity index (χ0v) is 15.7. The van der Waals surface area contributed by atoms with Gasteiger partial charge in [-0.25, -0.2) is 4.79 Å². The molecule has 0 saturated carbocycles. The molecular formula is C19H16Cl2N4O2. The molecule has 27 heavy (non-hydrogen) atoms. The van der Waals surface area contributed by atoms with E-state index in [4.69, 9.17) is 27.7 Å².